The van der Waals surface area contributed by atoms with Crippen LogP contribution in [0.5, 0.6) is 5.88 Å². The number of hydrogen-bond donors (Lipinski definition) is 1. The van der Waals surface area contributed by atoms with Crippen LogP contribution < -0.4 is 4.74 Å². The molecule has 1 N–H and O–H groups in total. The number of likely N-dealkylation sites (N-methyl/N-ethyl adjacent to an activating group) is 1. The summed E-state index contributed by atoms with van der Waals surface area (Å²) < 4.78 is 33.6. The van der Waals surface area contributed by atoms with Crippen LogP contribution in [0.1, 0.15) is 45.7 Å². The highest BCUT2D eigenvalue weighted by molar-refractivity contribution is 5.97. The van der Waals surface area contributed by atoms with Crippen LogP contribution in [0.15, 0.2) is 60.8 Å². The first kappa shape index (κ1) is 27.7. The van der Waals surface area contributed by atoms with Gasteiger partial charge in [0.25, 0.3) is 11.8 Å². The van der Waals surface area contributed by atoms with Crippen LogP contribution in [0.3, 0.4) is 0 Å². The number of pyridine rings is 1. The third-order valence-corrected chi connectivity index (χ3v) is 6.62. The molecule has 0 fully saturated rings. The number of hydrogen-bond acceptors (Lipinski definition) is 5. The van der Waals surface area contributed by atoms with Gasteiger partial charge in [-0.2, -0.15) is 0 Å². The summed E-state index contributed by atoms with van der Waals surface area (Å²) >= 11 is 0. The van der Waals surface area contributed by atoms with Gasteiger partial charge >= 0.3 is 0 Å². The van der Waals surface area contributed by atoms with Crippen molar-refractivity contribution in [3.63, 3.8) is 0 Å². The van der Waals surface area contributed by atoms with Gasteiger partial charge in [0.05, 0.1) is 24.8 Å². The predicted octanol–water partition coefficient (Wildman–Crippen LogP) is 3.75. The number of halogens is 2. The van der Waals surface area contributed by atoms with Crippen LogP contribution in [0.25, 0.3) is 0 Å². The molecule has 7 nitrogen and oxygen atoms in total. The average molecular weight is 534 g/mol. The van der Waals surface area contributed by atoms with E-state index in [9.17, 15) is 23.5 Å². The molecule has 0 saturated carbocycles. The van der Waals surface area contributed by atoms with E-state index in [1.165, 1.54) is 41.4 Å². The summed E-state index contributed by atoms with van der Waals surface area (Å²) in [6.45, 7) is 3.72. The fraction of sp³-hybridized carbons (Fsp3) is 0.300. The first-order valence-corrected chi connectivity index (χ1v) is 12.5. The molecule has 202 valence electrons. The zero-order valence-corrected chi connectivity index (χ0v) is 21.9. The van der Waals surface area contributed by atoms with Gasteiger partial charge in [-0.05, 0) is 49.4 Å². The monoisotopic (exact) mass is 533 g/mol. The van der Waals surface area contributed by atoms with Crippen LogP contribution in [0.2, 0.25) is 0 Å². The van der Waals surface area contributed by atoms with Crippen molar-refractivity contribution in [2.75, 3.05) is 26.7 Å². The second kappa shape index (κ2) is 12.0. The van der Waals surface area contributed by atoms with Gasteiger partial charge in [0.15, 0.2) is 0 Å². The molecule has 2 amide bonds. The zero-order chi connectivity index (χ0) is 28.1. The molecule has 9 heteroatoms. The fourth-order valence-electron chi connectivity index (χ4n) is 4.26. The number of rotatable bonds is 5. The van der Waals surface area contributed by atoms with E-state index < -0.39 is 23.9 Å². The molecule has 3 atom stereocenters. The van der Waals surface area contributed by atoms with Crippen LogP contribution in [0.4, 0.5) is 8.78 Å². The number of aliphatic hydroxyl groups is 1. The molecule has 0 bridgehead atoms. The number of aliphatic hydroxyl groups excluding tert-OH is 1. The molecular weight excluding hydrogens is 504 g/mol. The summed E-state index contributed by atoms with van der Waals surface area (Å²) in [7, 11) is 1.56. The Balaban J connectivity index is 1.65. The molecule has 1 aliphatic heterocycles. The van der Waals surface area contributed by atoms with Crippen molar-refractivity contribution in [2.24, 2.45) is 5.92 Å². The minimum atomic E-state index is -0.615. The average Bonchev–Trinajstić information content (AvgIpc) is 2.94. The summed E-state index contributed by atoms with van der Waals surface area (Å²) in [5.74, 6) is 3.82. The molecule has 0 saturated heterocycles. The Bertz CT molecular complexity index is 1420. The lowest BCUT2D eigenvalue weighted by atomic mass is 9.99. The van der Waals surface area contributed by atoms with Crippen LogP contribution >= 0.6 is 0 Å². The van der Waals surface area contributed by atoms with Crippen molar-refractivity contribution in [1.29, 1.82) is 0 Å². The largest absolute Gasteiger partial charge is 0.472 e. The van der Waals surface area contributed by atoms with Crippen molar-refractivity contribution in [3.05, 3.63) is 94.7 Å². The second-order valence-electron chi connectivity index (χ2n) is 9.62. The highest BCUT2D eigenvalue weighted by Gasteiger charge is 2.35. The molecule has 3 aromatic rings. The normalized spacial score (nSPS) is 17.6. The third kappa shape index (κ3) is 6.41. The van der Waals surface area contributed by atoms with Crippen molar-refractivity contribution in [2.45, 2.75) is 26.0 Å². The van der Waals surface area contributed by atoms with Crippen LogP contribution in [-0.2, 0) is 0 Å². The number of nitrogens with zero attached hydrogens (tertiary/aromatic N) is 3. The first-order chi connectivity index (χ1) is 18.7. The van der Waals surface area contributed by atoms with E-state index in [4.69, 9.17) is 4.74 Å². The summed E-state index contributed by atoms with van der Waals surface area (Å²) in [5.41, 5.74) is 1.16. The number of benzene rings is 2. The molecule has 39 heavy (non-hydrogen) atoms. The summed E-state index contributed by atoms with van der Waals surface area (Å²) in [6, 6.07) is 12.6. The molecule has 2 aromatic carbocycles. The molecule has 4 rings (SSSR count). The molecule has 2 heterocycles. The summed E-state index contributed by atoms with van der Waals surface area (Å²) in [6.07, 6.45) is 0.884. The molecule has 1 aromatic heterocycles. The van der Waals surface area contributed by atoms with Crippen LogP contribution in [-0.4, -0.2) is 70.6 Å². The van der Waals surface area contributed by atoms with E-state index in [1.54, 1.807) is 43.1 Å². The quantitative estimate of drug-likeness (QED) is 0.506. The lowest BCUT2D eigenvalue weighted by Gasteiger charge is -2.37. The van der Waals surface area contributed by atoms with E-state index in [1.807, 2.05) is 6.92 Å². The number of carbonyl (C=O) groups excluding carboxylic acids is 2. The van der Waals surface area contributed by atoms with E-state index in [-0.39, 0.29) is 54.3 Å². The van der Waals surface area contributed by atoms with Gasteiger partial charge in [-0.3, -0.25) is 9.59 Å². The van der Waals surface area contributed by atoms with Gasteiger partial charge in [-0.1, -0.05) is 30.9 Å². The first-order valence-electron chi connectivity index (χ1n) is 12.5. The van der Waals surface area contributed by atoms with E-state index in [0.29, 0.717) is 11.1 Å². The number of amides is 2. The lowest BCUT2D eigenvalue weighted by Crippen LogP contribution is -2.50. The van der Waals surface area contributed by atoms with Gasteiger partial charge in [-0.25, -0.2) is 13.8 Å². The summed E-state index contributed by atoms with van der Waals surface area (Å²) in [4.78, 5) is 33.8. The maximum atomic E-state index is 14.2. The van der Waals surface area contributed by atoms with Gasteiger partial charge in [-0.15, -0.1) is 0 Å². The minimum absolute atomic E-state index is 0.0490. The summed E-state index contributed by atoms with van der Waals surface area (Å²) in [5, 5.41) is 9.84. The third-order valence-electron chi connectivity index (χ3n) is 6.62. The Hall–Kier alpha value is -4.29. The van der Waals surface area contributed by atoms with Crippen molar-refractivity contribution >= 4 is 11.8 Å². The van der Waals surface area contributed by atoms with E-state index >= 15 is 0 Å². The second-order valence-corrected chi connectivity index (χ2v) is 9.62. The standard InChI is InChI=1S/C30H29F2N3O4/c1-19-16-35(20(2)18-36)30(38)25-14-22(9-8-21-10-12-23(31)13-11-21)15-33-28(25)39-27(19)17-34(3)29(37)24-6-4-5-7-26(24)32/h4-7,10-15,19-20,27,36H,16-18H2,1-3H3/t19-,20+,27+/m0/s1. The predicted molar refractivity (Wildman–Crippen MR) is 141 cm³/mol. The number of aromatic nitrogens is 1. The molecule has 0 aliphatic carbocycles. The Kier molecular flexibility index (Phi) is 8.57. The Morgan fingerprint density at radius 1 is 1.18 bits per heavy atom. The number of ether oxygens (including phenoxy) is 1. The minimum Gasteiger partial charge on any atom is -0.472 e. The maximum Gasteiger partial charge on any atom is 0.259 e. The van der Waals surface area contributed by atoms with Crippen LogP contribution in [0, 0.1) is 29.4 Å². The van der Waals surface area contributed by atoms with Crippen molar-refractivity contribution in [1.82, 2.24) is 14.8 Å². The number of carbonyl (C=O) groups is 2. The smallest absolute Gasteiger partial charge is 0.259 e. The molecule has 0 radical (unpaired) electrons. The van der Waals surface area contributed by atoms with E-state index in [0.717, 1.165) is 0 Å². The molecule has 0 unspecified atom stereocenters. The molecule has 0 spiro atoms. The Morgan fingerprint density at radius 2 is 1.87 bits per heavy atom. The SMILES string of the molecule is C[C@H](CO)N1C[C@H](C)[C@@H](CN(C)C(=O)c2ccccc2F)Oc2ncc(C#Cc3ccc(F)cc3)cc2C1=O. The van der Waals surface area contributed by atoms with Gasteiger partial charge in [0, 0.05) is 36.8 Å². The fourth-order valence-corrected chi connectivity index (χ4v) is 4.26. The van der Waals surface area contributed by atoms with Crippen molar-refractivity contribution < 1.29 is 28.2 Å². The van der Waals surface area contributed by atoms with Crippen molar-refractivity contribution in [3.8, 4) is 17.7 Å². The van der Waals surface area contributed by atoms with E-state index in [2.05, 4.69) is 16.8 Å². The highest BCUT2D eigenvalue weighted by Crippen LogP contribution is 2.27. The Morgan fingerprint density at radius 3 is 2.56 bits per heavy atom. The number of fused-ring (bicyclic) bond motifs is 1. The molecular formula is C30H29F2N3O4. The molecule has 1 aliphatic rings. The van der Waals surface area contributed by atoms with Gasteiger partial charge < -0.3 is 19.6 Å². The zero-order valence-electron chi connectivity index (χ0n) is 21.9. The lowest BCUT2D eigenvalue weighted by molar-refractivity contribution is 0.0312. The Labute approximate surface area is 226 Å². The highest BCUT2D eigenvalue weighted by atomic mass is 19.1. The topological polar surface area (TPSA) is 83.0 Å². The van der Waals surface area contributed by atoms with Gasteiger partial charge in [0.1, 0.15) is 23.3 Å². The van der Waals surface area contributed by atoms with Gasteiger partial charge in [0.2, 0.25) is 5.88 Å². The maximum absolute atomic E-state index is 14.2.